The Morgan fingerprint density at radius 2 is 1.73 bits per heavy atom. The van der Waals surface area contributed by atoms with Gasteiger partial charge in [-0.15, -0.1) is 0 Å². The fraction of sp³-hybridized carbons (Fsp3) is 1.00. The molecule has 0 radical (unpaired) electrons. The Hall–Kier alpha value is -0.0400. The third kappa shape index (κ3) is 1.58. The van der Waals surface area contributed by atoms with Crippen molar-refractivity contribution >= 4 is 0 Å². The summed E-state index contributed by atoms with van der Waals surface area (Å²) in [6.45, 7) is 4.72. The molecule has 1 nitrogen and oxygen atoms in total. The van der Waals surface area contributed by atoms with E-state index >= 15 is 0 Å². The van der Waals surface area contributed by atoms with Crippen LogP contribution in [0.4, 0.5) is 0 Å². The van der Waals surface area contributed by atoms with Gasteiger partial charge in [0.15, 0.2) is 0 Å². The van der Waals surface area contributed by atoms with Gasteiger partial charge in [0.25, 0.3) is 0 Å². The molecule has 0 aromatic rings. The van der Waals surface area contributed by atoms with Gasteiger partial charge in [0.05, 0.1) is 0 Å². The maximum atomic E-state index is 3.74. The molecule has 0 amide bonds. The lowest BCUT2D eigenvalue weighted by Crippen LogP contribution is -2.30. The van der Waals surface area contributed by atoms with Gasteiger partial charge in [-0.3, -0.25) is 0 Å². The molecule has 0 aromatic carbocycles. The van der Waals surface area contributed by atoms with Crippen molar-refractivity contribution in [2.45, 2.75) is 58.0 Å². The van der Waals surface area contributed by atoms with Gasteiger partial charge in [0, 0.05) is 12.1 Å². The third-order valence-electron chi connectivity index (χ3n) is 3.31. The first-order valence-corrected chi connectivity index (χ1v) is 4.94. The fourth-order valence-corrected chi connectivity index (χ4v) is 2.13. The maximum Gasteiger partial charge on any atom is 0.0127 e. The minimum absolute atomic E-state index is 0.614. The molecule has 1 unspecified atom stereocenters. The Bertz CT molecular complexity index is 142. The molecule has 2 rings (SSSR count). The summed E-state index contributed by atoms with van der Waals surface area (Å²) in [7, 11) is 0. The predicted octanol–water partition coefficient (Wildman–Crippen LogP) is 2.32. The summed E-state index contributed by atoms with van der Waals surface area (Å²) < 4.78 is 0. The Labute approximate surface area is 69.6 Å². The second kappa shape index (κ2) is 2.48. The van der Waals surface area contributed by atoms with Gasteiger partial charge in [0.1, 0.15) is 0 Å². The first-order valence-electron chi connectivity index (χ1n) is 4.94. The predicted molar refractivity (Wildman–Crippen MR) is 47.6 cm³/mol. The minimum atomic E-state index is 0.614. The van der Waals surface area contributed by atoms with E-state index in [4.69, 9.17) is 0 Å². The fourth-order valence-electron chi connectivity index (χ4n) is 2.13. The van der Waals surface area contributed by atoms with Crippen LogP contribution in [0, 0.1) is 5.41 Å². The highest BCUT2D eigenvalue weighted by atomic mass is 15.0. The zero-order valence-corrected chi connectivity index (χ0v) is 7.69. The molecule has 11 heavy (non-hydrogen) atoms. The Kier molecular flexibility index (Phi) is 1.71. The quantitative estimate of drug-likeness (QED) is 0.642. The standard InChI is InChI=1S/C10H19N/c1-10(2)7-9(10)11-8-5-3-4-6-8/h8-9,11H,3-7H2,1-2H3. The first kappa shape index (κ1) is 7.60. The summed E-state index contributed by atoms with van der Waals surface area (Å²) in [5.74, 6) is 0. The maximum absolute atomic E-state index is 3.74. The van der Waals surface area contributed by atoms with Gasteiger partial charge < -0.3 is 5.32 Å². The largest absolute Gasteiger partial charge is 0.311 e. The molecule has 64 valence electrons. The van der Waals surface area contributed by atoms with E-state index in [1.54, 1.807) is 0 Å². The molecule has 0 heterocycles. The molecule has 2 saturated carbocycles. The van der Waals surface area contributed by atoms with Crippen molar-refractivity contribution in [3.8, 4) is 0 Å². The van der Waals surface area contributed by atoms with E-state index in [2.05, 4.69) is 19.2 Å². The zero-order chi connectivity index (χ0) is 7.90. The van der Waals surface area contributed by atoms with E-state index in [1.165, 1.54) is 32.1 Å². The van der Waals surface area contributed by atoms with Gasteiger partial charge in [-0.25, -0.2) is 0 Å². The van der Waals surface area contributed by atoms with Crippen molar-refractivity contribution in [1.82, 2.24) is 5.32 Å². The van der Waals surface area contributed by atoms with E-state index in [-0.39, 0.29) is 0 Å². The van der Waals surface area contributed by atoms with Crippen LogP contribution in [0.3, 0.4) is 0 Å². The molecule has 0 spiro atoms. The molecule has 2 aliphatic carbocycles. The third-order valence-corrected chi connectivity index (χ3v) is 3.31. The van der Waals surface area contributed by atoms with E-state index < -0.39 is 0 Å². The van der Waals surface area contributed by atoms with Crippen molar-refractivity contribution in [3.05, 3.63) is 0 Å². The molecule has 0 aliphatic heterocycles. The van der Waals surface area contributed by atoms with Crippen LogP contribution >= 0.6 is 0 Å². The monoisotopic (exact) mass is 153 g/mol. The summed E-state index contributed by atoms with van der Waals surface area (Å²) in [5.41, 5.74) is 0.614. The van der Waals surface area contributed by atoms with Crippen LogP contribution in [0.25, 0.3) is 0 Å². The molecule has 1 heteroatoms. The highest BCUT2D eigenvalue weighted by Gasteiger charge is 2.46. The number of nitrogens with one attached hydrogen (secondary N) is 1. The van der Waals surface area contributed by atoms with Gasteiger partial charge in [-0.05, 0) is 24.7 Å². The van der Waals surface area contributed by atoms with Gasteiger partial charge in [-0.2, -0.15) is 0 Å². The van der Waals surface area contributed by atoms with E-state index in [9.17, 15) is 0 Å². The summed E-state index contributed by atoms with van der Waals surface area (Å²) in [5, 5.41) is 3.74. The van der Waals surface area contributed by atoms with Crippen molar-refractivity contribution in [3.63, 3.8) is 0 Å². The van der Waals surface area contributed by atoms with Gasteiger partial charge in [-0.1, -0.05) is 26.7 Å². The van der Waals surface area contributed by atoms with Crippen LogP contribution in [-0.2, 0) is 0 Å². The summed E-state index contributed by atoms with van der Waals surface area (Å²) >= 11 is 0. The van der Waals surface area contributed by atoms with E-state index in [0.29, 0.717) is 5.41 Å². The molecule has 1 N–H and O–H groups in total. The van der Waals surface area contributed by atoms with Crippen molar-refractivity contribution in [2.24, 2.45) is 5.41 Å². The van der Waals surface area contributed by atoms with E-state index in [1.807, 2.05) is 0 Å². The number of hydrogen-bond donors (Lipinski definition) is 1. The lowest BCUT2D eigenvalue weighted by atomic mass is 10.1. The summed E-state index contributed by atoms with van der Waals surface area (Å²) in [4.78, 5) is 0. The molecular formula is C10H19N. The Morgan fingerprint density at radius 1 is 1.18 bits per heavy atom. The molecule has 0 aromatic heterocycles. The molecule has 2 aliphatic rings. The molecule has 0 bridgehead atoms. The lowest BCUT2D eigenvalue weighted by Gasteiger charge is -2.12. The first-order chi connectivity index (χ1) is 5.18. The molecule has 0 saturated heterocycles. The second-order valence-corrected chi connectivity index (χ2v) is 4.89. The van der Waals surface area contributed by atoms with Crippen LogP contribution < -0.4 is 5.32 Å². The minimum Gasteiger partial charge on any atom is -0.311 e. The zero-order valence-electron chi connectivity index (χ0n) is 7.69. The van der Waals surface area contributed by atoms with Gasteiger partial charge >= 0.3 is 0 Å². The highest BCUT2D eigenvalue weighted by molar-refractivity contribution is 5.03. The average Bonchev–Trinajstić information content (AvgIpc) is 2.42. The van der Waals surface area contributed by atoms with Crippen LogP contribution in [0.5, 0.6) is 0 Å². The lowest BCUT2D eigenvalue weighted by molar-refractivity contribution is 0.465. The second-order valence-electron chi connectivity index (χ2n) is 4.89. The van der Waals surface area contributed by atoms with E-state index in [0.717, 1.165) is 12.1 Å². The summed E-state index contributed by atoms with van der Waals surface area (Å²) in [6.07, 6.45) is 7.14. The van der Waals surface area contributed by atoms with Crippen molar-refractivity contribution in [1.29, 1.82) is 0 Å². The van der Waals surface area contributed by atoms with Crippen LogP contribution in [0.1, 0.15) is 46.0 Å². The summed E-state index contributed by atoms with van der Waals surface area (Å²) in [6, 6.07) is 1.70. The normalized spacial score (nSPS) is 36.0. The average molecular weight is 153 g/mol. The molecule has 1 atom stereocenters. The van der Waals surface area contributed by atoms with Crippen molar-refractivity contribution < 1.29 is 0 Å². The van der Waals surface area contributed by atoms with Gasteiger partial charge in [0.2, 0.25) is 0 Å². The number of rotatable bonds is 2. The topological polar surface area (TPSA) is 12.0 Å². The Balaban J connectivity index is 1.75. The smallest absolute Gasteiger partial charge is 0.0127 e. The van der Waals surface area contributed by atoms with Crippen molar-refractivity contribution in [2.75, 3.05) is 0 Å². The molecule has 2 fully saturated rings. The van der Waals surface area contributed by atoms with Crippen LogP contribution in [0.15, 0.2) is 0 Å². The van der Waals surface area contributed by atoms with Crippen LogP contribution in [0.2, 0.25) is 0 Å². The highest BCUT2D eigenvalue weighted by Crippen LogP contribution is 2.45. The Morgan fingerprint density at radius 3 is 2.18 bits per heavy atom. The molecular weight excluding hydrogens is 134 g/mol. The number of hydrogen-bond acceptors (Lipinski definition) is 1. The SMILES string of the molecule is CC1(C)CC1NC1CCCC1. The van der Waals surface area contributed by atoms with Crippen LogP contribution in [-0.4, -0.2) is 12.1 Å².